The SMILES string of the molecule is CC(O)CC(C)O.Cc1ccc(C(C)C)cc1.[CH3-].[Cl][Os]. The Kier molecular flexibility index (Phi) is 19.4. The molecule has 2 N–H and O–H groups in total. The topological polar surface area (TPSA) is 40.5 Å². The molecule has 0 heterocycles. The number of hydrogen-bond donors (Lipinski definition) is 2. The van der Waals surface area contributed by atoms with Crippen molar-refractivity contribution in [1.82, 2.24) is 0 Å². The molecule has 0 saturated heterocycles. The van der Waals surface area contributed by atoms with Crippen LogP contribution >= 0.6 is 9.64 Å². The van der Waals surface area contributed by atoms with Crippen molar-refractivity contribution in [3.8, 4) is 0 Å². The van der Waals surface area contributed by atoms with Gasteiger partial charge in [0.15, 0.2) is 0 Å². The zero-order chi connectivity index (χ0) is 15.4. The minimum absolute atomic E-state index is 0. The Morgan fingerprint density at radius 2 is 1.30 bits per heavy atom. The van der Waals surface area contributed by atoms with Crippen molar-refractivity contribution in [2.45, 2.75) is 59.2 Å². The number of rotatable bonds is 3. The summed E-state index contributed by atoms with van der Waals surface area (Å²) in [7, 11) is 4.67. The molecule has 1 rings (SSSR count). The van der Waals surface area contributed by atoms with Gasteiger partial charge in [-0.2, -0.15) is 0 Å². The van der Waals surface area contributed by atoms with Crippen LogP contribution in [0.5, 0.6) is 0 Å². The van der Waals surface area contributed by atoms with E-state index in [9.17, 15) is 0 Å². The van der Waals surface area contributed by atoms with Gasteiger partial charge in [-0.05, 0) is 38.7 Å². The van der Waals surface area contributed by atoms with Crippen LogP contribution in [0.25, 0.3) is 0 Å². The van der Waals surface area contributed by atoms with Crippen LogP contribution in [-0.2, 0) is 17.6 Å². The maximum absolute atomic E-state index is 8.56. The molecule has 4 heteroatoms. The molecule has 0 amide bonds. The van der Waals surface area contributed by atoms with Gasteiger partial charge >= 0.3 is 27.2 Å². The molecule has 1 aromatic rings. The van der Waals surface area contributed by atoms with E-state index in [1.807, 2.05) is 0 Å². The Labute approximate surface area is 139 Å². The third kappa shape index (κ3) is 16.1. The van der Waals surface area contributed by atoms with Crippen LogP contribution in [0.2, 0.25) is 0 Å². The Balaban J connectivity index is -0.000000258. The molecule has 2 nitrogen and oxygen atoms in total. The van der Waals surface area contributed by atoms with Crippen molar-refractivity contribution in [2.75, 3.05) is 0 Å². The molecule has 0 spiro atoms. The molecular weight excluding hydrogens is 450 g/mol. The molecule has 1 aromatic carbocycles. The Bertz CT molecular complexity index is 292. The molecule has 0 aliphatic carbocycles. The van der Waals surface area contributed by atoms with Crippen molar-refractivity contribution >= 4 is 9.64 Å². The van der Waals surface area contributed by atoms with E-state index in [2.05, 4.69) is 54.7 Å². The number of halogens is 1. The fourth-order valence-electron chi connectivity index (χ4n) is 1.45. The van der Waals surface area contributed by atoms with E-state index in [1.54, 1.807) is 13.8 Å². The van der Waals surface area contributed by atoms with Gasteiger partial charge in [-0.1, -0.05) is 43.7 Å². The molecule has 20 heavy (non-hydrogen) atoms. The summed E-state index contributed by atoms with van der Waals surface area (Å²) in [6.45, 7) is 9.86. The summed E-state index contributed by atoms with van der Waals surface area (Å²) in [5.41, 5.74) is 2.76. The first-order valence-electron chi connectivity index (χ1n) is 6.39. The van der Waals surface area contributed by atoms with Crippen molar-refractivity contribution in [3.05, 3.63) is 42.8 Å². The fraction of sp³-hybridized carbons (Fsp3) is 0.562. The molecule has 0 bridgehead atoms. The van der Waals surface area contributed by atoms with Gasteiger partial charge in [0.1, 0.15) is 0 Å². The molecule has 0 aliphatic heterocycles. The molecule has 121 valence electrons. The van der Waals surface area contributed by atoms with E-state index in [0.717, 1.165) is 0 Å². The molecular formula is C16H29ClO2Os-. The fourth-order valence-corrected chi connectivity index (χ4v) is 1.45. The van der Waals surface area contributed by atoms with Crippen LogP contribution < -0.4 is 0 Å². The second-order valence-electron chi connectivity index (χ2n) is 5.00. The normalized spacial score (nSPS) is 12.1. The van der Waals surface area contributed by atoms with Gasteiger partial charge in [0, 0.05) is 0 Å². The van der Waals surface area contributed by atoms with Gasteiger partial charge in [-0.25, -0.2) is 0 Å². The number of hydrogen-bond acceptors (Lipinski definition) is 2. The standard InChI is InChI=1S/C10H14.C5H12O2.CH3.ClH.Os/c1-8(2)10-6-4-9(3)5-7-10;1-4(6)3-5(2)7;;;/h4-8H,1-3H3;4-7H,3H2,1-2H3;1H3;1H;/q;;-1;;+1/p-1. The molecule has 2 unspecified atom stereocenters. The first kappa shape index (κ1) is 25.0. The number of benzene rings is 1. The first-order valence-corrected chi connectivity index (χ1v) is 9.53. The third-order valence-corrected chi connectivity index (χ3v) is 2.43. The van der Waals surface area contributed by atoms with E-state index in [1.165, 1.54) is 28.7 Å². The van der Waals surface area contributed by atoms with E-state index in [4.69, 9.17) is 10.2 Å². The second-order valence-corrected chi connectivity index (χ2v) is 5.00. The number of aliphatic hydroxyl groups excluding tert-OH is 2. The quantitative estimate of drug-likeness (QED) is 0.632. The molecule has 2 atom stereocenters. The average molecular weight is 479 g/mol. The van der Waals surface area contributed by atoms with Gasteiger partial charge in [0.05, 0.1) is 12.2 Å². The first-order chi connectivity index (χ1) is 8.82. The molecule has 0 aliphatic rings. The molecule has 0 fully saturated rings. The van der Waals surface area contributed by atoms with Crippen LogP contribution in [0.3, 0.4) is 0 Å². The van der Waals surface area contributed by atoms with E-state index in [-0.39, 0.29) is 19.6 Å². The summed E-state index contributed by atoms with van der Waals surface area (Å²) >= 11 is 1.33. The predicted octanol–water partition coefficient (Wildman–Crippen LogP) is 4.39. The van der Waals surface area contributed by atoms with Gasteiger partial charge in [-0.15, -0.1) is 0 Å². The average Bonchev–Trinajstić information content (AvgIpc) is 2.31. The van der Waals surface area contributed by atoms with Crippen molar-refractivity contribution in [3.63, 3.8) is 0 Å². The van der Waals surface area contributed by atoms with Gasteiger partial charge in [0.25, 0.3) is 0 Å². The zero-order valence-corrected chi connectivity index (χ0v) is 16.7. The predicted molar refractivity (Wildman–Crippen MR) is 85.5 cm³/mol. The van der Waals surface area contributed by atoms with E-state index >= 15 is 0 Å². The zero-order valence-electron chi connectivity index (χ0n) is 13.4. The summed E-state index contributed by atoms with van der Waals surface area (Å²) in [6, 6.07) is 8.71. The minimum atomic E-state index is -0.375. The summed E-state index contributed by atoms with van der Waals surface area (Å²) in [4.78, 5) is 0. The van der Waals surface area contributed by atoms with Crippen LogP contribution in [0.15, 0.2) is 24.3 Å². The van der Waals surface area contributed by atoms with Crippen molar-refractivity contribution < 1.29 is 27.8 Å². The number of aryl methyl sites for hydroxylation is 1. The Morgan fingerprint density at radius 1 is 0.950 bits per heavy atom. The van der Waals surface area contributed by atoms with Crippen molar-refractivity contribution in [2.24, 2.45) is 0 Å². The van der Waals surface area contributed by atoms with Crippen LogP contribution in [-0.4, -0.2) is 22.4 Å². The van der Waals surface area contributed by atoms with Gasteiger partial charge in [0.2, 0.25) is 0 Å². The summed E-state index contributed by atoms with van der Waals surface area (Å²) in [6.07, 6.45) is -0.278. The third-order valence-electron chi connectivity index (χ3n) is 2.43. The summed E-state index contributed by atoms with van der Waals surface area (Å²) in [5.74, 6) is 0.653. The van der Waals surface area contributed by atoms with Crippen molar-refractivity contribution in [1.29, 1.82) is 0 Å². The molecule has 0 saturated carbocycles. The van der Waals surface area contributed by atoms with Crippen LogP contribution in [0, 0.1) is 14.4 Å². The summed E-state index contributed by atoms with van der Waals surface area (Å²) in [5, 5.41) is 17.1. The van der Waals surface area contributed by atoms with E-state index < -0.39 is 0 Å². The Morgan fingerprint density at radius 3 is 1.50 bits per heavy atom. The number of aliphatic hydroxyl groups is 2. The second kappa shape index (κ2) is 15.5. The van der Waals surface area contributed by atoms with Gasteiger partial charge in [-0.3, -0.25) is 0 Å². The maximum atomic E-state index is 8.56. The van der Waals surface area contributed by atoms with E-state index in [0.29, 0.717) is 12.3 Å². The van der Waals surface area contributed by atoms with Crippen LogP contribution in [0.4, 0.5) is 0 Å². The Hall–Kier alpha value is 0.0664. The molecule has 0 aromatic heterocycles. The summed E-state index contributed by atoms with van der Waals surface area (Å²) < 4.78 is 0. The monoisotopic (exact) mass is 480 g/mol. The molecule has 0 radical (unpaired) electrons. The van der Waals surface area contributed by atoms with Crippen LogP contribution in [0.1, 0.15) is 51.2 Å². The van der Waals surface area contributed by atoms with Gasteiger partial charge < -0.3 is 17.6 Å².